The summed E-state index contributed by atoms with van der Waals surface area (Å²) in [6, 6.07) is 9.32. The molecule has 0 atom stereocenters. The summed E-state index contributed by atoms with van der Waals surface area (Å²) in [5, 5.41) is 3.87. The van der Waals surface area contributed by atoms with Crippen LogP contribution in [0.15, 0.2) is 35.5 Å². The summed E-state index contributed by atoms with van der Waals surface area (Å²) in [5.74, 6) is 0.970. The zero-order chi connectivity index (χ0) is 22.4. The van der Waals surface area contributed by atoms with E-state index in [1.165, 1.54) is 11.8 Å². The van der Waals surface area contributed by atoms with Crippen molar-refractivity contribution in [3.8, 4) is 0 Å². The average Bonchev–Trinajstić information content (AvgIpc) is 3.26. The van der Waals surface area contributed by atoms with Crippen LogP contribution in [0, 0.1) is 0 Å². The summed E-state index contributed by atoms with van der Waals surface area (Å²) in [4.78, 5) is 23.4. The van der Waals surface area contributed by atoms with Gasteiger partial charge in [-0.3, -0.25) is 4.79 Å². The van der Waals surface area contributed by atoms with Crippen molar-refractivity contribution in [2.75, 3.05) is 51.5 Å². The maximum atomic E-state index is 12.1. The number of carbonyl (C=O) groups excluding carboxylic acids is 1. The van der Waals surface area contributed by atoms with Crippen LogP contribution < -0.4 is 10.2 Å². The van der Waals surface area contributed by atoms with Gasteiger partial charge in [0, 0.05) is 57.0 Å². The Hall–Kier alpha value is -1.91. The third kappa shape index (κ3) is 5.90. The minimum Gasteiger partial charge on any atom is -0.383 e. The molecular weight excluding hydrogens is 452 g/mol. The number of halogens is 1. The summed E-state index contributed by atoms with van der Waals surface area (Å²) in [7, 11) is 1.60. The lowest BCUT2D eigenvalue weighted by Crippen LogP contribution is -2.45. The van der Waals surface area contributed by atoms with Crippen LogP contribution in [0.2, 0.25) is 5.15 Å². The maximum absolute atomic E-state index is 12.1. The van der Waals surface area contributed by atoms with E-state index in [9.17, 15) is 4.79 Å². The summed E-state index contributed by atoms with van der Waals surface area (Å²) in [5.41, 5.74) is 1.69. The topological polar surface area (TPSA) is 85.8 Å². The largest absolute Gasteiger partial charge is 0.383 e. The monoisotopic (exact) mass is 478 g/mol. The maximum Gasteiger partial charge on any atom is 0.251 e. The number of benzene rings is 1. The van der Waals surface area contributed by atoms with Crippen LogP contribution in [0.25, 0.3) is 0 Å². The summed E-state index contributed by atoms with van der Waals surface area (Å²) in [6.07, 6.45) is 1.62. The Morgan fingerprint density at radius 3 is 2.62 bits per heavy atom. The summed E-state index contributed by atoms with van der Waals surface area (Å²) >= 11 is 7.80. The standard InChI is InChI=1S/C22H27ClN4O4S/c1-29-11-8-24-20(28)17-4-2-16(3-5-17)15-32-21-25-18(23)14-19(26-21)27-9-6-22(7-10-27)30-12-13-31-22/h2-5,14H,6-13,15H2,1H3,(H,24,28). The highest BCUT2D eigenvalue weighted by Gasteiger charge is 2.40. The Bertz CT molecular complexity index is 915. The summed E-state index contributed by atoms with van der Waals surface area (Å²) in [6.45, 7) is 3.90. The second-order valence-corrected chi connectivity index (χ2v) is 8.99. The Morgan fingerprint density at radius 1 is 1.22 bits per heavy atom. The SMILES string of the molecule is COCCNC(=O)c1ccc(CSc2nc(Cl)cc(N3CCC4(CC3)OCCO4)n2)cc1. The van der Waals surface area contributed by atoms with Gasteiger partial charge in [-0.2, -0.15) is 0 Å². The zero-order valence-corrected chi connectivity index (χ0v) is 19.6. The molecule has 10 heteroatoms. The Balaban J connectivity index is 1.33. The van der Waals surface area contributed by atoms with Gasteiger partial charge in [0.15, 0.2) is 10.9 Å². The minimum atomic E-state index is -0.419. The molecule has 0 bridgehead atoms. The van der Waals surface area contributed by atoms with Crippen molar-refractivity contribution in [1.29, 1.82) is 0 Å². The molecule has 2 saturated heterocycles. The first-order valence-corrected chi connectivity index (χ1v) is 12.0. The van der Waals surface area contributed by atoms with Gasteiger partial charge in [0.25, 0.3) is 5.91 Å². The Morgan fingerprint density at radius 2 is 1.94 bits per heavy atom. The first-order valence-electron chi connectivity index (χ1n) is 10.6. The molecule has 1 N–H and O–H groups in total. The molecule has 2 aromatic rings. The van der Waals surface area contributed by atoms with E-state index in [0.717, 1.165) is 37.3 Å². The number of nitrogens with zero attached hydrogens (tertiary/aromatic N) is 3. The van der Waals surface area contributed by atoms with Crippen LogP contribution in [0.4, 0.5) is 5.82 Å². The molecule has 1 aromatic carbocycles. The molecule has 4 rings (SSSR count). The molecular formula is C22H27ClN4O4S. The Labute approximate surface area is 197 Å². The van der Waals surface area contributed by atoms with Crippen molar-refractivity contribution in [3.63, 3.8) is 0 Å². The number of anilines is 1. The smallest absolute Gasteiger partial charge is 0.251 e. The quantitative estimate of drug-likeness (QED) is 0.268. The number of thioether (sulfide) groups is 1. The zero-order valence-electron chi connectivity index (χ0n) is 18.0. The van der Waals surface area contributed by atoms with E-state index in [1.807, 2.05) is 24.3 Å². The van der Waals surface area contributed by atoms with Crippen LogP contribution in [0.5, 0.6) is 0 Å². The molecule has 0 saturated carbocycles. The highest BCUT2D eigenvalue weighted by Crippen LogP contribution is 2.33. The molecule has 2 aliphatic heterocycles. The molecule has 0 radical (unpaired) electrons. The first kappa shape index (κ1) is 23.3. The molecule has 2 fully saturated rings. The van der Waals surface area contributed by atoms with E-state index < -0.39 is 5.79 Å². The molecule has 172 valence electrons. The number of rotatable bonds is 8. The third-order valence-electron chi connectivity index (χ3n) is 5.50. The molecule has 1 aromatic heterocycles. The Kier molecular flexibility index (Phi) is 7.85. The average molecular weight is 479 g/mol. The normalized spacial score (nSPS) is 17.6. The van der Waals surface area contributed by atoms with E-state index in [2.05, 4.69) is 15.2 Å². The van der Waals surface area contributed by atoms with Crippen LogP contribution in [-0.4, -0.2) is 68.2 Å². The number of aromatic nitrogens is 2. The molecule has 32 heavy (non-hydrogen) atoms. The van der Waals surface area contributed by atoms with Crippen molar-refractivity contribution in [2.24, 2.45) is 0 Å². The van der Waals surface area contributed by atoms with Gasteiger partial charge in [-0.25, -0.2) is 9.97 Å². The fourth-order valence-electron chi connectivity index (χ4n) is 3.74. The lowest BCUT2D eigenvalue weighted by atomic mass is 10.0. The van der Waals surface area contributed by atoms with Gasteiger partial charge in [-0.15, -0.1) is 0 Å². The highest BCUT2D eigenvalue weighted by atomic mass is 35.5. The fourth-order valence-corrected chi connectivity index (χ4v) is 4.78. The lowest BCUT2D eigenvalue weighted by Gasteiger charge is -2.38. The van der Waals surface area contributed by atoms with Crippen molar-refractivity contribution in [1.82, 2.24) is 15.3 Å². The predicted molar refractivity (Wildman–Crippen MR) is 123 cm³/mol. The van der Waals surface area contributed by atoms with Crippen molar-refractivity contribution in [2.45, 2.75) is 29.5 Å². The van der Waals surface area contributed by atoms with Crippen LogP contribution in [0.3, 0.4) is 0 Å². The number of hydrogen-bond acceptors (Lipinski definition) is 8. The number of methoxy groups -OCH3 is 1. The molecule has 3 heterocycles. The minimum absolute atomic E-state index is 0.110. The van der Waals surface area contributed by atoms with Gasteiger partial charge >= 0.3 is 0 Å². The number of piperidine rings is 1. The summed E-state index contributed by atoms with van der Waals surface area (Å²) < 4.78 is 16.6. The van der Waals surface area contributed by atoms with Gasteiger partial charge in [0.2, 0.25) is 0 Å². The number of amides is 1. The van der Waals surface area contributed by atoms with Gasteiger partial charge < -0.3 is 24.4 Å². The van der Waals surface area contributed by atoms with Gasteiger partial charge in [-0.1, -0.05) is 35.5 Å². The van der Waals surface area contributed by atoms with Crippen LogP contribution in [0.1, 0.15) is 28.8 Å². The number of carbonyl (C=O) groups is 1. The number of ether oxygens (including phenoxy) is 3. The molecule has 1 amide bonds. The van der Waals surface area contributed by atoms with Gasteiger partial charge in [0.05, 0.1) is 19.8 Å². The second kappa shape index (κ2) is 10.8. The van der Waals surface area contributed by atoms with E-state index in [1.54, 1.807) is 13.2 Å². The van der Waals surface area contributed by atoms with E-state index in [-0.39, 0.29) is 5.91 Å². The van der Waals surface area contributed by atoms with Gasteiger partial charge in [0.1, 0.15) is 11.0 Å². The van der Waals surface area contributed by atoms with E-state index in [4.69, 9.17) is 30.8 Å². The van der Waals surface area contributed by atoms with E-state index >= 15 is 0 Å². The third-order valence-corrected chi connectivity index (χ3v) is 6.61. The fraction of sp³-hybridized carbons (Fsp3) is 0.500. The molecule has 0 unspecified atom stereocenters. The van der Waals surface area contributed by atoms with Crippen molar-refractivity contribution >= 4 is 35.1 Å². The van der Waals surface area contributed by atoms with Crippen molar-refractivity contribution in [3.05, 3.63) is 46.6 Å². The van der Waals surface area contributed by atoms with E-state index in [0.29, 0.717) is 48.0 Å². The highest BCUT2D eigenvalue weighted by molar-refractivity contribution is 7.98. The number of hydrogen-bond donors (Lipinski definition) is 1. The van der Waals surface area contributed by atoms with Gasteiger partial charge in [-0.05, 0) is 17.7 Å². The molecule has 8 nitrogen and oxygen atoms in total. The van der Waals surface area contributed by atoms with Crippen LogP contribution >= 0.6 is 23.4 Å². The first-order chi connectivity index (χ1) is 15.6. The van der Waals surface area contributed by atoms with Crippen LogP contribution in [-0.2, 0) is 20.0 Å². The predicted octanol–water partition coefficient (Wildman–Crippen LogP) is 3.14. The molecule has 0 aliphatic carbocycles. The second-order valence-electron chi connectivity index (χ2n) is 7.66. The lowest BCUT2D eigenvalue weighted by molar-refractivity contribution is -0.169. The van der Waals surface area contributed by atoms with Crippen molar-refractivity contribution < 1.29 is 19.0 Å². The molecule has 2 aliphatic rings. The molecule has 1 spiro atoms. The number of nitrogens with one attached hydrogen (secondary N) is 1.